The third-order valence-electron chi connectivity index (χ3n) is 2.27. The maximum absolute atomic E-state index is 11.8. The van der Waals surface area contributed by atoms with E-state index < -0.39 is 6.10 Å². The lowest BCUT2D eigenvalue weighted by Crippen LogP contribution is -2.46. The molecule has 0 saturated carbocycles. The van der Waals surface area contributed by atoms with E-state index in [1.807, 2.05) is 7.05 Å². The number of nitrogens with zero attached hydrogens (tertiary/aromatic N) is 2. The predicted octanol–water partition coefficient (Wildman–Crippen LogP) is 1.07. The van der Waals surface area contributed by atoms with Crippen molar-refractivity contribution in [3.05, 3.63) is 10.5 Å². The Bertz CT molecular complexity index is 385. The number of ether oxygens (including phenoxy) is 1. The summed E-state index contributed by atoms with van der Waals surface area (Å²) < 4.78 is 5.93. The van der Waals surface area contributed by atoms with Gasteiger partial charge >= 0.3 is 0 Å². The number of halogens is 1. The Morgan fingerprint density at radius 3 is 3.25 bits per heavy atom. The fraction of sp³-hybridized carbons (Fsp3) is 0.556. The first-order valence-electron chi connectivity index (χ1n) is 4.87. The van der Waals surface area contributed by atoms with Crippen LogP contribution in [0.15, 0.2) is 6.20 Å². The Morgan fingerprint density at radius 2 is 2.62 bits per heavy atom. The largest absolute Gasteiger partial charge is 0.366 e. The summed E-state index contributed by atoms with van der Waals surface area (Å²) in [6, 6.07) is 0. The Labute approximate surface area is 102 Å². The van der Waals surface area contributed by atoms with Crippen LogP contribution in [0.3, 0.4) is 0 Å². The highest BCUT2D eigenvalue weighted by Gasteiger charge is 2.25. The van der Waals surface area contributed by atoms with Gasteiger partial charge in [0, 0.05) is 13.1 Å². The first-order chi connectivity index (χ1) is 7.65. The maximum atomic E-state index is 11.8. The van der Waals surface area contributed by atoms with E-state index in [2.05, 4.69) is 15.2 Å². The highest BCUT2D eigenvalue weighted by atomic mass is 35.5. The first-order valence-corrected chi connectivity index (χ1v) is 6.07. The lowest BCUT2D eigenvalue weighted by Gasteiger charge is -2.28. The summed E-state index contributed by atoms with van der Waals surface area (Å²) >= 11 is 6.95. The molecular weight excluding hydrogens is 250 g/mol. The number of amides is 1. The third-order valence-corrected chi connectivity index (χ3v) is 3.30. The fourth-order valence-corrected chi connectivity index (χ4v) is 2.25. The number of anilines is 1. The number of hydrogen-bond donors (Lipinski definition) is 1. The van der Waals surface area contributed by atoms with Gasteiger partial charge in [0.05, 0.1) is 12.8 Å². The number of rotatable bonds is 2. The van der Waals surface area contributed by atoms with Gasteiger partial charge in [-0.05, 0) is 7.05 Å². The molecule has 1 fully saturated rings. The topological polar surface area (TPSA) is 54.5 Å². The van der Waals surface area contributed by atoms with Crippen LogP contribution in [0.25, 0.3) is 0 Å². The molecule has 88 valence electrons. The molecule has 1 amide bonds. The molecule has 1 saturated heterocycles. The number of thiazole rings is 1. The van der Waals surface area contributed by atoms with Gasteiger partial charge < -0.3 is 9.64 Å². The van der Waals surface area contributed by atoms with E-state index in [9.17, 15) is 4.79 Å². The number of likely N-dealkylation sites (N-methyl/N-ethyl adjacent to an activating group) is 1. The SMILES string of the molecule is CN1CCO[C@@H](C(=O)Nc2ncc(Cl)s2)C1. The number of nitrogens with one attached hydrogen (secondary N) is 1. The Balaban J connectivity index is 1.92. The monoisotopic (exact) mass is 261 g/mol. The molecule has 1 N–H and O–H groups in total. The minimum absolute atomic E-state index is 0.169. The molecule has 16 heavy (non-hydrogen) atoms. The van der Waals surface area contributed by atoms with Gasteiger partial charge in [0.1, 0.15) is 10.4 Å². The van der Waals surface area contributed by atoms with Crippen molar-refractivity contribution in [1.29, 1.82) is 0 Å². The van der Waals surface area contributed by atoms with E-state index in [0.29, 0.717) is 22.6 Å². The Morgan fingerprint density at radius 1 is 1.81 bits per heavy atom. The quantitative estimate of drug-likeness (QED) is 0.865. The number of aromatic nitrogens is 1. The number of morpholine rings is 1. The van der Waals surface area contributed by atoms with Crippen LogP contribution >= 0.6 is 22.9 Å². The summed E-state index contributed by atoms with van der Waals surface area (Å²) in [5, 5.41) is 3.19. The molecule has 1 aliphatic rings. The molecular formula is C9H12ClN3O2S. The van der Waals surface area contributed by atoms with Crippen LogP contribution in [0.2, 0.25) is 4.34 Å². The van der Waals surface area contributed by atoms with Gasteiger partial charge in [0.2, 0.25) is 0 Å². The zero-order valence-electron chi connectivity index (χ0n) is 8.77. The summed E-state index contributed by atoms with van der Waals surface area (Å²) in [6.45, 7) is 2.03. The lowest BCUT2D eigenvalue weighted by molar-refractivity contribution is -0.132. The number of carbonyl (C=O) groups excluding carboxylic acids is 1. The van der Waals surface area contributed by atoms with E-state index in [4.69, 9.17) is 16.3 Å². The third kappa shape index (κ3) is 2.91. The molecule has 1 aromatic heterocycles. The smallest absolute Gasteiger partial charge is 0.256 e. The van der Waals surface area contributed by atoms with Gasteiger partial charge in [-0.15, -0.1) is 0 Å². The van der Waals surface area contributed by atoms with E-state index in [1.165, 1.54) is 17.5 Å². The van der Waals surface area contributed by atoms with Crippen LogP contribution in [-0.4, -0.2) is 48.6 Å². The summed E-state index contributed by atoms with van der Waals surface area (Å²) in [4.78, 5) is 17.8. The van der Waals surface area contributed by atoms with Crippen molar-refractivity contribution in [3.8, 4) is 0 Å². The van der Waals surface area contributed by atoms with Gasteiger partial charge in [0.25, 0.3) is 5.91 Å². The van der Waals surface area contributed by atoms with Crippen LogP contribution in [-0.2, 0) is 9.53 Å². The Kier molecular flexibility index (Phi) is 3.75. The van der Waals surface area contributed by atoms with Gasteiger partial charge in [-0.25, -0.2) is 4.98 Å². The minimum atomic E-state index is -0.429. The molecule has 1 atom stereocenters. The zero-order chi connectivity index (χ0) is 11.5. The molecule has 2 rings (SSSR count). The Hall–Kier alpha value is -0.690. The van der Waals surface area contributed by atoms with Crippen molar-refractivity contribution < 1.29 is 9.53 Å². The van der Waals surface area contributed by atoms with E-state index in [1.54, 1.807) is 0 Å². The van der Waals surface area contributed by atoms with E-state index in [0.717, 1.165) is 6.54 Å². The molecule has 1 aromatic rings. The molecule has 1 aliphatic heterocycles. The van der Waals surface area contributed by atoms with Crippen LogP contribution in [0.5, 0.6) is 0 Å². The average molecular weight is 262 g/mol. The van der Waals surface area contributed by atoms with Gasteiger partial charge in [0.15, 0.2) is 5.13 Å². The summed E-state index contributed by atoms with van der Waals surface area (Å²) in [5.74, 6) is -0.169. The lowest BCUT2D eigenvalue weighted by atomic mass is 10.2. The maximum Gasteiger partial charge on any atom is 0.256 e. The first kappa shape index (κ1) is 11.8. The molecule has 0 aromatic carbocycles. The molecule has 0 radical (unpaired) electrons. The highest BCUT2D eigenvalue weighted by Crippen LogP contribution is 2.22. The van der Waals surface area contributed by atoms with Crippen molar-refractivity contribution in [2.75, 3.05) is 32.1 Å². The molecule has 0 spiro atoms. The number of hydrogen-bond acceptors (Lipinski definition) is 5. The second-order valence-corrected chi connectivity index (χ2v) is 5.24. The second kappa shape index (κ2) is 5.09. The molecule has 2 heterocycles. The highest BCUT2D eigenvalue weighted by molar-refractivity contribution is 7.19. The zero-order valence-corrected chi connectivity index (χ0v) is 10.3. The van der Waals surface area contributed by atoms with Gasteiger partial charge in [-0.3, -0.25) is 10.1 Å². The van der Waals surface area contributed by atoms with Crippen LogP contribution in [0.1, 0.15) is 0 Å². The van der Waals surface area contributed by atoms with Crippen molar-refractivity contribution in [1.82, 2.24) is 9.88 Å². The number of carbonyl (C=O) groups is 1. The normalized spacial score (nSPS) is 22.0. The molecule has 0 unspecified atom stereocenters. The van der Waals surface area contributed by atoms with E-state index in [-0.39, 0.29) is 5.91 Å². The molecule has 0 bridgehead atoms. The summed E-state index contributed by atoms with van der Waals surface area (Å²) in [5.41, 5.74) is 0. The average Bonchev–Trinajstić information content (AvgIpc) is 2.64. The fourth-order valence-electron chi connectivity index (χ4n) is 1.43. The van der Waals surface area contributed by atoms with Crippen LogP contribution < -0.4 is 5.32 Å². The molecule has 0 aliphatic carbocycles. The van der Waals surface area contributed by atoms with Crippen molar-refractivity contribution >= 4 is 34.0 Å². The standard InChI is InChI=1S/C9H12ClN3O2S/c1-13-2-3-15-6(5-13)8(14)12-9-11-4-7(10)16-9/h4,6H,2-3,5H2,1H3,(H,11,12,14)/t6-/m1/s1. The van der Waals surface area contributed by atoms with Crippen molar-refractivity contribution in [2.24, 2.45) is 0 Å². The molecule has 5 nitrogen and oxygen atoms in total. The van der Waals surface area contributed by atoms with Gasteiger partial charge in [-0.1, -0.05) is 22.9 Å². The van der Waals surface area contributed by atoms with Crippen LogP contribution in [0, 0.1) is 0 Å². The summed E-state index contributed by atoms with van der Waals surface area (Å²) in [7, 11) is 1.96. The van der Waals surface area contributed by atoms with Gasteiger partial charge in [-0.2, -0.15) is 0 Å². The minimum Gasteiger partial charge on any atom is -0.366 e. The van der Waals surface area contributed by atoms with Crippen LogP contribution in [0.4, 0.5) is 5.13 Å². The second-order valence-electron chi connectivity index (χ2n) is 3.58. The predicted molar refractivity (Wildman–Crippen MR) is 63.0 cm³/mol. The summed E-state index contributed by atoms with van der Waals surface area (Å²) in [6.07, 6.45) is 1.08. The van der Waals surface area contributed by atoms with E-state index >= 15 is 0 Å². The molecule has 7 heteroatoms. The van der Waals surface area contributed by atoms with Crippen molar-refractivity contribution in [2.45, 2.75) is 6.10 Å². The van der Waals surface area contributed by atoms with Crippen molar-refractivity contribution in [3.63, 3.8) is 0 Å².